The Morgan fingerprint density at radius 1 is 1.39 bits per heavy atom. The lowest BCUT2D eigenvalue weighted by molar-refractivity contribution is 0.392. The smallest absolute Gasteiger partial charge is 0.191 e. The summed E-state index contributed by atoms with van der Waals surface area (Å²) >= 11 is 0. The van der Waals surface area contributed by atoms with Crippen molar-refractivity contribution in [3.63, 3.8) is 0 Å². The first-order chi connectivity index (χ1) is 13.1. The Hall–Kier alpha value is -1.71. The quantitative estimate of drug-likeness (QED) is 0.378. The summed E-state index contributed by atoms with van der Waals surface area (Å²) in [6.45, 7) is 6.28. The highest BCUT2D eigenvalue weighted by atomic mass is 127. The van der Waals surface area contributed by atoms with Crippen LogP contribution < -0.4 is 10.6 Å². The molecule has 28 heavy (non-hydrogen) atoms. The van der Waals surface area contributed by atoms with Crippen molar-refractivity contribution < 1.29 is 4.39 Å². The summed E-state index contributed by atoms with van der Waals surface area (Å²) in [5.74, 6) is 2.55. The van der Waals surface area contributed by atoms with Gasteiger partial charge in [-0.25, -0.2) is 14.1 Å². The number of benzene rings is 1. The molecule has 1 aromatic carbocycles. The van der Waals surface area contributed by atoms with Crippen LogP contribution in [-0.2, 0) is 18.4 Å². The van der Waals surface area contributed by atoms with E-state index in [0.29, 0.717) is 6.54 Å². The predicted molar refractivity (Wildman–Crippen MR) is 119 cm³/mol. The highest BCUT2D eigenvalue weighted by Gasteiger charge is 2.44. The van der Waals surface area contributed by atoms with Crippen molar-refractivity contribution in [2.75, 3.05) is 13.1 Å². The van der Waals surface area contributed by atoms with Crippen LogP contribution in [0, 0.1) is 12.7 Å². The van der Waals surface area contributed by atoms with Crippen molar-refractivity contribution in [1.29, 1.82) is 0 Å². The first-order valence-electron chi connectivity index (χ1n) is 9.79. The van der Waals surface area contributed by atoms with Gasteiger partial charge in [-0.15, -0.1) is 24.0 Å². The molecule has 1 unspecified atom stereocenters. The summed E-state index contributed by atoms with van der Waals surface area (Å²) in [4.78, 5) is 9.30. The van der Waals surface area contributed by atoms with Crippen LogP contribution in [0.1, 0.15) is 43.4 Å². The lowest BCUT2D eigenvalue weighted by Gasteiger charge is -2.25. The number of aliphatic imine (C=N–C) groups is 1. The Labute approximate surface area is 182 Å². The lowest BCUT2D eigenvalue weighted by atomic mass is 9.96. The fourth-order valence-corrected chi connectivity index (χ4v) is 3.80. The maximum atomic E-state index is 13.6. The molecule has 0 amide bonds. The molecule has 1 aliphatic heterocycles. The van der Waals surface area contributed by atoms with E-state index in [2.05, 4.69) is 27.6 Å². The maximum absolute atomic E-state index is 13.6. The van der Waals surface area contributed by atoms with Gasteiger partial charge in [0.25, 0.3) is 0 Å². The van der Waals surface area contributed by atoms with Crippen LogP contribution in [0.3, 0.4) is 0 Å². The van der Waals surface area contributed by atoms with Crippen molar-refractivity contribution in [1.82, 2.24) is 25.4 Å². The number of aryl methyl sites for hydroxylation is 2. The normalized spacial score (nSPS) is 20.1. The van der Waals surface area contributed by atoms with Gasteiger partial charge in [-0.05, 0) is 50.8 Å². The Morgan fingerprint density at radius 3 is 2.93 bits per heavy atom. The third kappa shape index (κ3) is 4.64. The zero-order chi connectivity index (χ0) is 18.9. The van der Waals surface area contributed by atoms with Crippen molar-refractivity contribution in [2.24, 2.45) is 4.99 Å². The molecule has 2 N–H and O–H groups in total. The van der Waals surface area contributed by atoms with Gasteiger partial charge in [0.05, 0.1) is 13.1 Å². The number of aromatic nitrogens is 3. The molecule has 1 saturated carbocycles. The fraction of sp³-hybridized carbons (Fsp3) is 0.550. The first kappa shape index (κ1) is 21.0. The molecule has 1 aliphatic carbocycles. The molecular formula is C20H28FIN6. The zero-order valence-electron chi connectivity index (χ0n) is 16.4. The highest BCUT2D eigenvalue weighted by Crippen LogP contribution is 2.48. The minimum atomic E-state index is -0.172. The summed E-state index contributed by atoms with van der Waals surface area (Å²) in [5.41, 5.74) is 1.05. The molecule has 2 aromatic rings. The third-order valence-corrected chi connectivity index (χ3v) is 5.48. The molecule has 4 rings (SSSR count). The first-order valence-corrected chi connectivity index (χ1v) is 9.79. The third-order valence-electron chi connectivity index (χ3n) is 5.48. The van der Waals surface area contributed by atoms with Gasteiger partial charge in [-0.1, -0.05) is 12.1 Å². The topological polar surface area (TPSA) is 67.1 Å². The average Bonchev–Trinajstić information content (AvgIpc) is 3.35. The lowest BCUT2D eigenvalue weighted by Crippen LogP contribution is -2.47. The highest BCUT2D eigenvalue weighted by molar-refractivity contribution is 14.0. The van der Waals surface area contributed by atoms with Crippen LogP contribution in [-0.4, -0.2) is 39.9 Å². The van der Waals surface area contributed by atoms with Crippen LogP contribution in [0.25, 0.3) is 0 Å². The second-order valence-corrected chi connectivity index (χ2v) is 7.62. The number of hydrogen-bond donors (Lipinski definition) is 2. The van der Waals surface area contributed by atoms with Gasteiger partial charge in [-0.3, -0.25) is 4.99 Å². The Bertz CT molecular complexity index is 845. The van der Waals surface area contributed by atoms with Crippen LogP contribution >= 0.6 is 24.0 Å². The number of fused-ring (bicyclic) bond motifs is 1. The van der Waals surface area contributed by atoms with E-state index in [1.807, 2.05) is 17.7 Å². The van der Waals surface area contributed by atoms with Gasteiger partial charge in [0.2, 0.25) is 0 Å². The second kappa shape index (κ2) is 8.75. The zero-order valence-corrected chi connectivity index (χ0v) is 18.7. The number of nitrogens with zero attached hydrogens (tertiary/aromatic N) is 4. The van der Waals surface area contributed by atoms with E-state index in [1.54, 1.807) is 12.1 Å². The molecule has 2 heterocycles. The number of rotatable bonds is 5. The minimum absolute atomic E-state index is 0. The van der Waals surface area contributed by atoms with E-state index >= 15 is 0 Å². The molecule has 0 radical (unpaired) electrons. The van der Waals surface area contributed by atoms with Gasteiger partial charge in [0.15, 0.2) is 5.96 Å². The van der Waals surface area contributed by atoms with Crippen molar-refractivity contribution in [3.05, 3.63) is 47.3 Å². The van der Waals surface area contributed by atoms with E-state index in [0.717, 1.165) is 61.9 Å². The number of hydrogen-bond acceptors (Lipinski definition) is 3. The van der Waals surface area contributed by atoms with Crippen molar-refractivity contribution >= 4 is 29.9 Å². The van der Waals surface area contributed by atoms with Crippen LogP contribution in [0.5, 0.6) is 0 Å². The molecule has 2 aliphatic rings. The molecule has 1 fully saturated rings. The largest absolute Gasteiger partial charge is 0.357 e. The summed E-state index contributed by atoms with van der Waals surface area (Å²) in [7, 11) is 0. The van der Waals surface area contributed by atoms with Gasteiger partial charge in [0.1, 0.15) is 17.5 Å². The SMILES string of the molecule is CCNC(=NCC1(c2cccc(F)c2)CC1)NC1CCc2nc(C)nn2C1.I. The van der Waals surface area contributed by atoms with E-state index < -0.39 is 0 Å². The van der Waals surface area contributed by atoms with Crippen LogP contribution in [0.4, 0.5) is 4.39 Å². The van der Waals surface area contributed by atoms with E-state index in [-0.39, 0.29) is 41.3 Å². The summed E-state index contributed by atoms with van der Waals surface area (Å²) in [6.07, 6.45) is 4.05. The molecule has 0 saturated heterocycles. The molecule has 0 spiro atoms. The van der Waals surface area contributed by atoms with Gasteiger partial charge in [-0.2, -0.15) is 5.10 Å². The standard InChI is InChI=1S/C20H27FN6.HI/c1-3-22-19(25-17-7-8-18-24-14(2)26-27(18)12-17)23-13-20(9-10-20)15-5-4-6-16(21)11-15;/h4-6,11,17H,3,7-10,12-13H2,1-2H3,(H2,22,23,25);1H. The van der Waals surface area contributed by atoms with Crippen LogP contribution in [0.15, 0.2) is 29.3 Å². The summed E-state index contributed by atoms with van der Waals surface area (Å²) < 4.78 is 15.6. The molecule has 1 atom stereocenters. The number of nitrogens with one attached hydrogen (secondary N) is 2. The minimum Gasteiger partial charge on any atom is -0.357 e. The summed E-state index contributed by atoms with van der Waals surface area (Å²) in [6, 6.07) is 7.23. The van der Waals surface area contributed by atoms with E-state index in [1.165, 1.54) is 6.07 Å². The van der Waals surface area contributed by atoms with Gasteiger partial charge >= 0.3 is 0 Å². The molecule has 8 heteroatoms. The van der Waals surface area contributed by atoms with E-state index in [9.17, 15) is 4.39 Å². The maximum Gasteiger partial charge on any atom is 0.191 e. The number of guanidine groups is 1. The van der Waals surface area contributed by atoms with Crippen molar-refractivity contribution in [2.45, 2.75) is 57.5 Å². The van der Waals surface area contributed by atoms with E-state index in [4.69, 9.17) is 4.99 Å². The Balaban J connectivity index is 0.00000225. The molecular weight excluding hydrogens is 470 g/mol. The Morgan fingerprint density at radius 2 is 2.21 bits per heavy atom. The van der Waals surface area contributed by atoms with Crippen LogP contribution in [0.2, 0.25) is 0 Å². The molecule has 1 aromatic heterocycles. The monoisotopic (exact) mass is 498 g/mol. The predicted octanol–water partition coefficient (Wildman–Crippen LogP) is 2.95. The van der Waals surface area contributed by atoms with Crippen molar-refractivity contribution in [3.8, 4) is 0 Å². The molecule has 6 nitrogen and oxygen atoms in total. The molecule has 152 valence electrons. The van der Waals surface area contributed by atoms with Gasteiger partial charge < -0.3 is 10.6 Å². The van der Waals surface area contributed by atoms with Gasteiger partial charge in [0, 0.05) is 24.4 Å². The molecule has 0 bridgehead atoms. The average molecular weight is 498 g/mol. The fourth-order valence-electron chi connectivity index (χ4n) is 3.80. The Kier molecular flexibility index (Phi) is 6.57. The number of halogens is 2. The second-order valence-electron chi connectivity index (χ2n) is 7.62. The summed E-state index contributed by atoms with van der Waals surface area (Å²) in [5, 5.41) is 11.4.